The van der Waals surface area contributed by atoms with Gasteiger partial charge in [-0.1, -0.05) is 50.2 Å². The van der Waals surface area contributed by atoms with Gasteiger partial charge in [-0.2, -0.15) is 0 Å². The van der Waals surface area contributed by atoms with Gasteiger partial charge in [-0.05, 0) is 42.5 Å². The lowest BCUT2D eigenvalue weighted by Crippen LogP contribution is -2.58. The molecule has 0 bridgehead atoms. The predicted molar refractivity (Wildman–Crippen MR) is 93.5 cm³/mol. The third kappa shape index (κ3) is 1.41. The van der Waals surface area contributed by atoms with Crippen LogP contribution in [0.4, 0.5) is 11.4 Å². The van der Waals surface area contributed by atoms with E-state index in [0.717, 1.165) is 6.42 Å². The van der Waals surface area contributed by atoms with Gasteiger partial charge in [0, 0.05) is 18.4 Å². The lowest BCUT2D eigenvalue weighted by molar-refractivity contribution is 0.293. The van der Waals surface area contributed by atoms with E-state index in [0.29, 0.717) is 5.92 Å². The molecule has 0 saturated carbocycles. The van der Waals surface area contributed by atoms with Crippen molar-refractivity contribution in [2.75, 3.05) is 17.3 Å². The first kappa shape index (κ1) is 13.7. The SMILES string of the molecule is CC(C)C[C@@]12Nc3ccccc3[C@]1(C)c1ccccc1N2C. The van der Waals surface area contributed by atoms with Crippen LogP contribution >= 0.6 is 0 Å². The average Bonchev–Trinajstić information content (AvgIpc) is 2.86. The Morgan fingerprint density at radius 3 is 2.36 bits per heavy atom. The lowest BCUT2D eigenvalue weighted by Gasteiger charge is -2.45. The van der Waals surface area contributed by atoms with Crippen molar-refractivity contribution in [3.63, 3.8) is 0 Å². The van der Waals surface area contributed by atoms with E-state index < -0.39 is 0 Å². The fourth-order valence-electron chi connectivity index (χ4n) is 4.76. The summed E-state index contributed by atoms with van der Waals surface area (Å²) in [4.78, 5) is 2.47. The van der Waals surface area contributed by atoms with Crippen LogP contribution in [-0.4, -0.2) is 12.7 Å². The van der Waals surface area contributed by atoms with E-state index in [1.54, 1.807) is 0 Å². The summed E-state index contributed by atoms with van der Waals surface area (Å²) in [6.07, 6.45) is 1.11. The molecule has 2 nitrogen and oxygen atoms in total. The molecule has 0 saturated heterocycles. The molecule has 22 heavy (non-hydrogen) atoms. The standard InChI is InChI=1S/C20H24N2/c1-14(2)13-20-19(3,15-9-5-7-11-17(15)21-20)16-10-6-8-12-18(16)22(20)4/h5-12,14,21H,13H2,1-4H3/t19-,20+/m1/s1. The van der Waals surface area contributed by atoms with E-state index in [4.69, 9.17) is 0 Å². The highest BCUT2D eigenvalue weighted by Gasteiger charge is 2.63. The molecule has 0 fully saturated rings. The number of hydrogen-bond donors (Lipinski definition) is 1. The van der Waals surface area contributed by atoms with Gasteiger partial charge in [0.2, 0.25) is 0 Å². The average molecular weight is 292 g/mol. The summed E-state index contributed by atoms with van der Waals surface area (Å²) >= 11 is 0. The molecule has 2 atom stereocenters. The molecule has 0 amide bonds. The van der Waals surface area contributed by atoms with Crippen molar-refractivity contribution < 1.29 is 0 Å². The molecule has 4 rings (SSSR count). The Bertz CT molecular complexity index is 736. The fraction of sp³-hybridized carbons (Fsp3) is 0.400. The second-order valence-corrected chi connectivity index (χ2v) is 7.33. The summed E-state index contributed by atoms with van der Waals surface area (Å²) in [6, 6.07) is 17.7. The highest BCUT2D eigenvalue weighted by atomic mass is 15.4. The molecule has 2 aliphatic rings. The van der Waals surface area contributed by atoms with Crippen LogP contribution in [0.15, 0.2) is 48.5 Å². The summed E-state index contributed by atoms with van der Waals surface area (Å²) < 4.78 is 0. The lowest BCUT2D eigenvalue weighted by atomic mass is 9.69. The molecule has 2 heteroatoms. The quantitative estimate of drug-likeness (QED) is 0.869. The monoisotopic (exact) mass is 292 g/mol. The third-order valence-corrected chi connectivity index (χ3v) is 5.71. The summed E-state index contributed by atoms with van der Waals surface area (Å²) in [5.74, 6) is 0.623. The Kier molecular flexibility index (Phi) is 2.66. The molecule has 0 spiro atoms. The molecule has 1 N–H and O–H groups in total. The van der Waals surface area contributed by atoms with Gasteiger partial charge < -0.3 is 10.2 Å². The highest BCUT2D eigenvalue weighted by Crippen LogP contribution is 2.61. The van der Waals surface area contributed by atoms with E-state index >= 15 is 0 Å². The number of nitrogens with one attached hydrogen (secondary N) is 1. The Balaban J connectivity index is 2.03. The summed E-state index contributed by atoms with van der Waals surface area (Å²) in [6.45, 7) is 7.05. The fourth-order valence-corrected chi connectivity index (χ4v) is 4.76. The molecule has 0 aromatic heterocycles. The molecule has 2 heterocycles. The number of nitrogens with zero attached hydrogens (tertiary/aromatic N) is 1. The smallest absolute Gasteiger partial charge is 0.124 e. The second-order valence-electron chi connectivity index (χ2n) is 7.33. The minimum Gasteiger partial charge on any atom is -0.361 e. The van der Waals surface area contributed by atoms with Crippen LogP contribution in [-0.2, 0) is 5.41 Å². The molecule has 2 aromatic carbocycles. The van der Waals surface area contributed by atoms with E-state index in [9.17, 15) is 0 Å². The molecule has 0 radical (unpaired) electrons. The zero-order chi connectivity index (χ0) is 15.5. The van der Waals surface area contributed by atoms with Crippen molar-refractivity contribution in [1.29, 1.82) is 0 Å². The number of para-hydroxylation sites is 2. The molecule has 0 unspecified atom stereocenters. The maximum atomic E-state index is 3.90. The molecule has 0 aliphatic carbocycles. The molecule has 114 valence electrons. The molecular formula is C20H24N2. The van der Waals surface area contributed by atoms with Crippen molar-refractivity contribution in [2.24, 2.45) is 5.92 Å². The van der Waals surface area contributed by atoms with Crippen LogP contribution in [0.5, 0.6) is 0 Å². The maximum absolute atomic E-state index is 3.90. The van der Waals surface area contributed by atoms with Crippen LogP contribution in [0.2, 0.25) is 0 Å². The minimum atomic E-state index is -0.0749. The van der Waals surface area contributed by atoms with Crippen molar-refractivity contribution >= 4 is 11.4 Å². The van der Waals surface area contributed by atoms with E-state index in [2.05, 4.69) is 86.6 Å². The van der Waals surface area contributed by atoms with Gasteiger partial charge >= 0.3 is 0 Å². The van der Waals surface area contributed by atoms with E-state index in [1.165, 1.54) is 22.5 Å². The van der Waals surface area contributed by atoms with Gasteiger partial charge in [-0.3, -0.25) is 0 Å². The topological polar surface area (TPSA) is 15.3 Å². The van der Waals surface area contributed by atoms with Crippen LogP contribution in [0.3, 0.4) is 0 Å². The number of anilines is 2. The van der Waals surface area contributed by atoms with Gasteiger partial charge in [-0.15, -0.1) is 0 Å². The van der Waals surface area contributed by atoms with Gasteiger partial charge in [-0.25, -0.2) is 0 Å². The van der Waals surface area contributed by atoms with Gasteiger partial charge in [0.15, 0.2) is 0 Å². The maximum Gasteiger partial charge on any atom is 0.124 e. The van der Waals surface area contributed by atoms with Crippen LogP contribution in [0, 0.1) is 5.92 Å². The van der Waals surface area contributed by atoms with Crippen LogP contribution in [0.25, 0.3) is 0 Å². The minimum absolute atomic E-state index is 0.0147. The zero-order valence-electron chi connectivity index (χ0n) is 13.9. The third-order valence-electron chi connectivity index (χ3n) is 5.71. The number of fused-ring (bicyclic) bond motifs is 5. The van der Waals surface area contributed by atoms with E-state index in [1.807, 2.05) is 0 Å². The van der Waals surface area contributed by atoms with E-state index in [-0.39, 0.29) is 11.1 Å². The van der Waals surface area contributed by atoms with Crippen molar-refractivity contribution in [3.8, 4) is 0 Å². The van der Waals surface area contributed by atoms with Gasteiger partial charge in [0.05, 0.1) is 5.41 Å². The Morgan fingerprint density at radius 2 is 1.64 bits per heavy atom. The van der Waals surface area contributed by atoms with Crippen molar-refractivity contribution in [3.05, 3.63) is 59.7 Å². The molecule has 2 aliphatic heterocycles. The first-order valence-corrected chi connectivity index (χ1v) is 8.22. The first-order valence-electron chi connectivity index (χ1n) is 8.22. The Hall–Kier alpha value is -1.96. The summed E-state index contributed by atoms with van der Waals surface area (Å²) in [5, 5.41) is 3.90. The van der Waals surface area contributed by atoms with Gasteiger partial charge in [0.1, 0.15) is 5.66 Å². The van der Waals surface area contributed by atoms with Gasteiger partial charge in [0.25, 0.3) is 0 Å². The number of benzene rings is 2. The van der Waals surface area contributed by atoms with Crippen LogP contribution in [0.1, 0.15) is 38.3 Å². The van der Waals surface area contributed by atoms with Crippen LogP contribution < -0.4 is 10.2 Å². The molecular weight excluding hydrogens is 268 g/mol. The second kappa shape index (κ2) is 4.28. The normalized spacial score (nSPS) is 28.3. The Morgan fingerprint density at radius 1 is 1.00 bits per heavy atom. The van der Waals surface area contributed by atoms with Crippen molar-refractivity contribution in [2.45, 2.75) is 38.3 Å². The predicted octanol–water partition coefficient (Wildman–Crippen LogP) is 4.61. The van der Waals surface area contributed by atoms with Crippen molar-refractivity contribution in [1.82, 2.24) is 0 Å². The number of hydrogen-bond acceptors (Lipinski definition) is 2. The first-order chi connectivity index (χ1) is 10.5. The Labute approximate surface area is 133 Å². The largest absolute Gasteiger partial charge is 0.361 e. The number of likely N-dealkylation sites (N-methyl/N-ethyl adjacent to an activating group) is 1. The summed E-state index contributed by atoms with van der Waals surface area (Å²) in [5.41, 5.74) is 5.41. The number of rotatable bonds is 2. The summed E-state index contributed by atoms with van der Waals surface area (Å²) in [7, 11) is 2.24. The zero-order valence-corrected chi connectivity index (χ0v) is 13.9. The molecule has 2 aromatic rings. The highest BCUT2D eigenvalue weighted by molar-refractivity contribution is 5.80.